The van der Waals surface area contributed by atoms with Crippen molar-refractivity contribution in [1.82, 2.24) is 0 Å². The maximum atomic E-state index is 12.9. The van der Waals surface area contributed by atoms with Crippen molar-refractivity contribution in [2.75, 3.05) is 13.2 Å². The van der Waals surface area contributed by atoms with Crippen LogP contribution in [0.1, 0.15) is 290 Å². The van der Waals surface area contributed by atoms with Crippen LogP contribution in [0.15, 0.2) is 158 Å². The molecule has 0 saturated heterocycles. The van der Waals surface area contributed by atoms with E-state index in [0.29, 0.717) is 19.3 Å². The topological polar surface area (TPSA) is 78.9 Å². The summed E-state index contributed by atoms with van der Waals surface area (Å²) in [7, 11) is 0. The lowest BCUT2D eigenvalue weighted by molar-refractivity contribution is -0.167. The smallest absolute Gasteiger partial charge is 0.306 e. The van der Waals surface area contributed by atoms with Crippen LogP contribution in [0.4, 0.5) is 0 Å². The fourth-order valence-electron chi connectivity index (χ4n) is 9.01. The minimum atomic E-state index is -0.787. The number of ether oxygens (including phenoxy) is 3. The second-order valence-corrected chi connectivity index (χ2v) is 22.0. The van der Waals surface area contributed by atoms with E-state index >= 15 is 0 Å². The number of unbranched alkanes of at least 4 members (excludes halogenated alkanes) is 23. The van der Waals surface area contributed by atoms with E-state index in [4.69, 9.17) is 14.2 Å². The molecule has 0 aliphatic heterocycles. The average Bonchev–Trinajstić information content (AvgIpc) is 3.49. The minimum Gasteiger partial charge on any atom is -0.462 e. The van der Waals surface area contributed by atoms with Crippen molar-refractivity contribution in [3.63, 3.8) is 0 Å². The highest BCUT2D eigenvalue weighted by molar-refractivity contribution is 5.71. The second kappa shape index (κ2) is 69.5. The molecule has 0 spiro atoms. The van der Waals surface area contributed by atoms with Crippen molar-refractivity contribution in [3.05, 3.63) is 158 Å². The quantitative estimate of drug-likeness (QED) is 0.0261. The van der Waals surface area contributed by atoms with Gasteiger partial charge in [0.05, 0.1) is 0 Å². The van der Waals surface area contributed by atoms with Crippen LogP contribution < -0.4 is 0 Å². The van der Waals surface area contributed by atoms with Crippen molar-refractivity contribution in [1.29, 1.82) is 0 Å². The Balaban J connectivity index is 4.08. The van der Waals surface area contributed by atoms with Gasteiger partial charge in [0.2, 0.25) is 0 Å². The largest absolute Gasteiger partial charge is 0.462 e. The number of allylic oxidation sites excluding steroid dienone is 26. The molecule has 468 valence electrons. The predicted molar refractivity (Wildman–Crippen MR) is 362 cm³/mol. The molecule has 1 atom stereocenters. The first-order valence-corrected chi connectivity index (χ1v) is 34.0. The van der Waals surface area contributed by atoms with Crippen molar-refractivity contribution in [2.24, 2.45) is 0 Å². The summed E-state index contributed by atoms with van der Waals surface area (Å²) in [5.41, 5.74) is 0. The number of carbonyl (C=O) groups is 3. The molecule has 0 aromatic heterocycles. The molecule has 1 unspecified atom stereocenters. The molecule has 0 amide bonds. The van der Waals surface area contributed by atoms with Gasteiger partial charge in [-0.2, -0.15) is 0 Å². The Kier molecular flexibility index (Phi) is 65.4. The molecule has 0 N–H and O–H groups in total. The van der Waals surface area contributed by atoms with Crippen molar-refractivity contribution >= 4 is 17.9 Å². The number of hydrogen-bond acceptors (Lipinski definition) is 6. The SMILES string of the molecule is CC/C=C\C/C=C\C/C=C\C/C=C\C/C=C\C/C=C\C/C=C\C/C=C\C/C=C\CCCCCCCCCC(=O)OCC(COC(=O)CCCCCCC)OC(=O)CCCCCCCCCCCCCC/C=C\C/C=C\C/C=C\C/C=C\CC. The zero-order valence-corrected chi connectivity index (χ0v) is 53.7. The Morgan fingerprint density at radius 2 is 0.470 bits per heavy atom. The molecular formula is C77H124O6. The van der Waals surface area contributed by atoms with E-state index in [0.717, 1.165) is 154 Å². The normalized spacial score (nSPS) is 13.1. The van der Waals surface area contributed by atoms with E-state index in [1.165, 1.54) is 96.3 Å². The molecule has 6 nitrogen and oxygen atoms in total. The Morgan fingerprint density at radius 3 is 0.735 bits per heavy atom. The van der Waals surface area contributed by atoms with Crippen LogP contribution in [0.25, 0.3) is 0 Å². The van der Waals surface area contributed by atoms with Gasteiger partial charge in [0.1, 0.15) is 13.2 Å². The Labute approximate surface area is 511 Å². The van der Waals surface area contributed by atoms with Crippen LogP contribution in [0.5, 0.6) is 0 Å². The Morgan fingerprint density at radius 1 is 0.253 bits per heavy atom. The highest BCUT2D eigenvalue weighted by Crippen LogP contribution is 2.16. The molecule has 0 aliphatic rings. The zero-order valence-electron chi connectivity index (χ0n) is 53.7. The van der Waals surface area contributed by atoms with Crippen molar-refractivity contribution < 1.29 is 28.6 Å². The van der Waals surface area contributed by atoms with Gasteiger partial charge < -0.3 is 14.2 Å². The van der Waals surface area contributed by atoms with Gasteiger partial charge in [0.25, 0.3) is 0 Å². The van der Waals surface area contributed by atoms with Gasteiger partial charge in [-0.1, -0.05) is 301 Å². The summed E-state index contributed by atoms with van der Waals surface area (Å²) < 4.78 is 16.8. The summed E-state index contributed by atoms with van der Waals surface area (Å²) in [6.07, 6.45) is 102. The van der Waals surface area contributed by atoms with Crippen LogP contribution in [0, 0.1) is 0 Å². The average molecular weight is 1150 g/mol. The number of rotatable bonds is 60. The predicted octanol–water partition coefficient (Wildman–Crippen LogP) is 23.7. The molecule has 0 aromatic carbocycles. The fraction of sp³-hybridized carbons (Fsp3) is 0.623. The van der Waals surface area contributed by atoms with E-state index in [2.05, 4.69) is 179 Å². The summed E-state index contributed by atoms with van der Waals surface area (Å²) in [4.78, 5) is 38.0. The van der Waals surface area contributed by atoms with E-state index in [1.807, 2.05) is 0 Å². The minimum absolute atomic E-state index is 0.0865. The monoisotopic (exact) mass is 1140 g/mol. The summed E-state index contributed by atoms with van der Waals surface area (Å²) in [5, 5.41) is 0. The third kappa shape index (κ3) is 67.7. The fourth-order valence-corrected chi connectivity index (χ4v) is 9.01. The summed E-state index contributed by atoms with van der Waals surface area (Å²) in [6.45, 7) is 6.32. The summed E-state index contributed by atoms with van der Waals surface area (Å²) in [5.74, 6) is -0.914. The van der Waals surface area contributed by atoms with Gasteiger partial charge in [0, 0.05) is 19.3 Å². The molecule has 0 saturated carbocycles. The van der Waals surface area contributed by atoms with Crippen LogP contribution >= 0.6 is 0 Å². The lowest BCUT2D eigenvalue weighted by atomic mass is 10.0. The van der Waals surface area contributed by atoms with Crippen LogP contribution in [-0.4, -0.2) is 37.2 Å². The molecule has 0 fully saturated rings. The third-order valence-corrected chi connectivity index (χ3v) is 14.0. The molecule has 0 aliphatic carbocycles. The molecule has 0 rings (SSSR count). The first kappa shape index (κ1) is 78.0. The summed E-state index contributed by atoms with van der Waals surface area (Å²) >= 11 is 0. The summed E-state index contributed by atoms with van der Waals surface area (Å²) in [6, 6.07) is 0. The first-order valence-electron chi connectivity index (χ1n) is 34.0. The van der Waals surface area contributed by atoms with Gasteiger partial charge in [-0.3, -0.25) is 14.4 Å². The second-order valence-electron chi connectivity index (χ2n) is 22.0. The highest BCUT2D eigenvalue weighted by Gasteiger charge is 2.19. The molecule has 0 bridgehead atoms. The van der Waals surface area contributed by atoms with Crippen molar-refractivity contribution in [2.45, 2.75) is 297 Å². The van der Waals surface area contributed by atoms with Gasteiger partial charge >= 0.3 is 17.9 Å². The van der Waals surface area contributed by atoms with Crippen molar-refractivity contribution in [3.8, 4) is 0 Å². The lowest BCUT2D eigenvalue weighted by Gasteiger charge is -2.18. The zero-order chi connectivity index (χ0) is 59.9. The Hall–Kier alpha value is -4.97. The maximum absolute atomic E-state index is 12.9. The Bertz CT molecular complexity index is 1840. The molecule has 83 heavy (non-hydrogen) atoms. The van der Waals surface area contributed by atoms with Crippen LogP contribution in [0.3, 0.4) is 0 Å². The van der Waals surface area contributed by atoms with Gasteiger partial charge in [0.15, 0.2) is 6.10 Å². The molecule has 0 radical (unpaired) electrons. The van der Waals surface area contributed by atoms with Gasteiger partial charge in [-0.05, 0) is 128 Å². The van der Waals surface area contributed by atoms with E-state index < -0.39 is 6.10 Å². The highest BCUT2D eigenvalue weighted by atomic mass is 16.6. The molecule has 0 heterocycles. The van der Waals surface area contributed by atoms with Crippen LogP contribution in [0.2, 0.25) is 0 Å². The number of carbonyl (C=O) groups excluding carboxylic acids is 3. The molecule has 0 aromatic rings. The number of hydrogen-bond donors (Lipinski definition) is 0. The van der Waals surface area contributed by atoms with E-state index in [1.54, 1.807) is 0 Å². The third-order valence-electron chi connectivity index (χ3n) is 14.0. The van der Waals surface area contributed by atoms with Gasteiger partial charge in [-0.25, -0.2) is 0 Å². The first-order chi connectivity index (χ1) is 41.0. The molecular weight excluding hydrogens is 1020 g/mol. The van der Waals surface area contributed by atoms with Crippen LogP contribution in [-0.2, 0) is 28.6 Å². The van der Waals surface area contributed by atoms with E-state index in [-0.39, 0.29) is 31.1 Å². The lowest BCUT2D eigenvalue weighted by Crippen LogP contribution is -2.30. The molecule has 6 heteroatoms. The van der Waals surface area contributed by atoms with E-state index in [9.17, 15) is 14.4 Å². The maximum Gasteiger partial charge on any atom is 0.306 e. The van der Waals surface area contributed by atoms with Gasteiger partial charge in [-0.15, -0.1) is 0 Å². The standard InChI is InChI=1S/C77H124O6/c1-4-7-10-13-15-17-19-21-23-25-27-29-31-33-34-35-36-37-38-39-40-41-42-44-45-47-49-51-53-55-57-59-61-64-67-70-76(79)82-73-74(72-81-75(78)69-66-63-12-9-6-3)83-77(80)71-68-65-62-60-58-56-54-52-50-48-46-43-32-30-28-26-24-22-20-18-16-14-11-8-5-2/h7-8,10-11,15-18,21-24,27-30,33-34,36-37,39-40,42,44,47,49,74H,4-6,9,12-14,19-20,25-26,31-32,35,38,41,43,45-46,48,50-73H2,1-3H3/b10-7-,11-8-,17-15-,18-16-,23-21-,24-22-,29-27-,30-28-,34-33-,37-36-,40-39-,44-42-,49-47-. The number of esters is 3.